The van der Waals surface area contributed by atoms with Crippen molar-refractivity contribution in [3.63, 3.8) is 0 Å². The van der Waals surface area contributed by atoms with Gasteiger partial charge in [-0.25, -0.2) is 0 Å². The molecule has 1 aromatic rings. The Balaban J connectivity index is 2.42. The molecule has 1 aliphatic carbocycles. The standard InChI is InChI=1S/C17H24O4/c1-10-12(5-6-21-11(2)19)15(9-18)13-7-17(3,4)8-14(13)16(10)20/h18,20H,5-9H2,1-4H3. The Morgan fingerprint density at radius 1 is 1.24 bits per heavy atom. The summed E-state index contributed by atoms with van der Waals surface area (Å²) in [5, 5.41) is 20.3. The lowest BCUT2D eigenvalue weighted by molar-refractivity contribution is -0.140. The predicted octanol–water partition coefficient (Wildman–Crippen LogP) is 2.42. The fourth-order valence-electron chi connectivity index (χ4n) is 3.35. The molecule has 0 spiro atoms. The van der Waals surface area contributed by atoms with E-state index in [1.165, 1.54) is 6.92 Å². The van der Waals surface area contributed by atoms with Crippen molar-refractivity contribution in [2.45, 2.75) is 53.6 Å². The molecule has 0 saturated carbocycles. The Labute approximate surface area is 125 Å². The fourth-order valence-corrected chi connectivity index (χ4v) is 3.35. The minimum atomic E-state index is -0.315. The second-order valence-corrected chi connectivity index (χ2v) is 6.65. The highest BCUT2D eigenvalue weighted by Crippen LogP contribution is 2.45. The molecule has 21 heavy (non-hydrogen) atoms. The second-order valence-electron chi connectivity index (χ2n) is 6.65. The maximum absolute atomic E-state index is 10.9. The molecule has 0 amide bonds. The molecule has 0 atom stereocenters. The van der Waals surface area contributed by atoms with Crippen LogP contribution in [0.15, 0.2) is 0 Å². The lowest BCUT2D eigenvalue weighted by atomic mass is 9.89. The van der Waals surface area contributed by atoms with Gasteiger partial charge in [0.25, 0.3) is 0 Å². The van der Waals surface area contributed by atoms with Gasteiger partial charge in [0.1, 0.15) is 5.75 Å². The zero-order chi connectivity index (χ0) is 15.8. The van der Waals surface area contributed by atoms with Crippen LogP contribution in [-0.2, 0) is 35.4 Å². The molecule has 0 bridgehead atoms. The average Bonchev–Trinajstić information content (AvgIpc) is 2.71. The summed E-state index contributed by atoms with van der Waals surface area (Å²) >= 11 is 0. The zero-order valence-electron chi connectivity index (χ0n) is 13.2. The van der Waals surface area contributed by atoms with Crippen LogP contribution >= 0.6 is 0 Å². The quantitative estimate of drug-likeness (QED) is 0.836. The van der Waals surface area contributed by atoms with Gasteiger partial charge in [-0.15, -0.1) is 0 Å². The molecule has 0 aromatic heterocycles. The van der Waals surface area contributed by atoms with Gasteiger partial charge in [-0.2, -0.15) is 0 Å². The number of benzene rings is 1. The van der Waals surface area contributed by atoms with Gasteiger partial charge >= 0.3 is 5.97 Å². The smallest absolute Gasteiger partial charge is 0.302 e. The lowest BCUT2D eigenvalue weighted by Crippen LogP contribution is -2.11. The van der Waals surface area contributed by atoms with Crippen LogP contribution in [0.3, 0.4) is 0 Å². The molecule has 1 aliphatic rings. The van der Waals surface area contributed by atoms with Gasteiger partial charge in [-0.05, 0) is 53.0 Å². The zero-order valence-corrected chi connectivity index (χ0v) is 13.2. The van der Waals surface area contributed by atoms with Crippen LogP contribution in [-0.4, -0.2) is 22.8 Å². The Morgan fingerprint density at radius 2 is 1.86 bits per heavy atom. The van der Waals surface area contributed by atoms with Crippen LogP contribution < -0.4 is 0 Å². The van der Waals surface area contributed by atoms with Crippen LogP contribution in [0.4, 0.5) is 0 Å². The molecule has 2 N–H and O–H groups in total. The number of ether oxygens (including phenoxy) is 1. The molecule has 0 unspecified atom stereocenters. The number of phenols is 1. The number of aromatic hydroxyl groups is 1. The molecule has 0 aliphatic heterocycles. The largest absolute Gasteiger partial charge is 0.507 e. The fraction of sp³-hybridized carbons (Fsp3) is 0.588. The van der Waals surface area contributed by atoms with Crippen molar-refractivity contribution in [2.75, 3.05) is 6.61 Å². The van der Waals surface area contributed by atoms with Crippen molar-refractivity contribution in [3.05, 3.63) is 27.8 Å². The molecule has 0 saturated heterocycles. The molecule has 4 heteroatoms. The van der Waals surface area contributed by atoms with Crippen molar-refractivity contribution < 1.29 is 19.7 Å². The maximum Gasteiger partial charge on any atom is 0.302 e. The van der Waals surface area contributed by atoms with Gasteiger partial charge in [-0.1, -0.05) is 13.8 Å². The summed E-state index contributed by atoms with van der Waals surface area (Å²) in [7, 11) is 0. The number of aliphatic hydroxyl groups excluding tert-OH is 1. The molecule has 0 heterocycles. The molecule has 0 radical (unpaired) electrons. The summed E-state index contributed by atoms with van der Waals surface area (Å²) in [6, 6.07) is 0. The number of phenolic OH excluding ortho intramolecular Hbond substituents is 1. The number of hydrogen-bond donors (Lipinski definition) is 2. The van der Waals surface area contributed by atoms with E-state index in [0.717, 1.165) is 40.7 Å². The van der Waals surface area contributed by atoms with Crippen molar-refractivity contribution in [1.29, 1.82) is 0 Å². The number of fused-ring (bicyclic) bond motifs is 1. The molecule has 4 nitrogen and oxygen atoms in total. The van der Waals surface area contributed by atoms with E-state index in [1.54, 1.807) is 0 Å². The van der Waals surface area contributed by atoms with Crippen molar-refractivity contribution in [3.8, 4) is 5.75 Å². The van der Waals surface area contributed by atoms with E-state index in [-0.39, 0.29) is 24.6 Å². The third-order valence-electron chi connectivity index (χ3n) is 4.31. The van der Waals surface area contributed by atoms with E-state index >= 15 is 0 Å². The number of hydrogen-bond acceptors (Lipinski definition) is 4. The number of aliphatic hydroxyl groups is 1. The first-order valence-corrected chi connectivity index (χ1v) is 7.36. The third-order valence-corrected chi connectivity index (χ3v) is 4.31. The van der Waals surface area contributed by atoms with Crippen LogP contribution in [0.1, 0.15) is 48.6 Å². The van der Waals surface area contributed by atoms with Gasteiger partial charge in [0.15, 0.2) is 0 Å². The number of carbonyl (C=O) groups is 1. The summed E-state index contributed by atoms with van der Waals surface area (Å²) in [6.07, 6.45) is 2.20. The lowest BCUT2D eigenvalue weighted by Gasteiger charge is -2.18. The summed E-state index contributed by atoms with van der Waals surface area (Å²) in [5.74, 6) is 0.0234. The highest BCUT2D eigenvalue weighted by Gasteiger charge is 2.34. The Kier molecular flexibility index (Phi) is 4.28. The van der Waals surface area contributed by atoms with Gasteiger partial charge in [0.05, 0.1) is 13.2 Å². The monoisotopic (exact) mass is 292 g/mol. The normalized spacial score (nSPS) is 15.9. The number of rotatable bonds is 4. The third kappa shape index (κ3) is 3.05. The van der Waals surface area contributed by atoms with E-state index in [2.05, 4.69) is 13.8 Å². The van der Waals surface area contributed by atoms with Crippen LogP contribution in [0.25, 0.3) is 0 Å². The Hall–Kier alpha value is -1.55. The molecule has 2 rings (SSSR count). The second kappa shape index (κ2) is 5.68. The summed E-state index contributed by atoms with van der Waals surface area (Å²) in [4.78, 5) is 10.9. The van der Waals surface area contributed by atoms with E-state index in [9.17, 15) is 15.0 Å². The first-order valence-electron chi connectivity index (χ1n) is 7.36. The van der Waals surface area contributed by atoms with Gasteiger partial charge < -0.3 is 14.9 Å². The minimum Gasteiger partial charge on any atom is -0.507 e. The summed E-state index contributed by atoms with van der Waals surface area (Å²) in [6.45, 7) is 7.80. The topological polar surface area (TPSA) is 66.8 Å². The number of esters is 1. The molecule has 1 aromatic carbocycles. The SMILES string of the molecule is CC(=O)OCCc1c(C)c(O)c2c(c1CO)CC(C)(C)C2. The molecule has 0 fully saturated rings. The van der Waals surface area contributed by atoms with E-state index in [0.29, 0.717) is 12.2 Å². The Bertz CT molecular complexity index is 573. The molecular weight excluding hydrogens is 268 g/mol. The summed E-state index contributed by atoms with van der Waals surface area (Å²) < 4.78 is 5.00. The van der Waals surface area contributed by atoms with E-state index in [1.807, 2.05) is 6.92 Å². The highest BCUT2D eigenvalue weighted by molar-refractivity contribution is 5.66. The van der Waals surface area contributed by atoms with Crippen molar-refractivity contribution in [2.24, 2.45) is 5.41 Å². The first kappa shape index (κ1) is 15.8. The van der Waals surface area contributed by atoms with E-state index < -0.39 is 0 Å². The van der Waals surface area contributed by atoms with Crippen molar-refractivity contribution >= 4 is 5.97 Å². The maximum atomic E-state index is 10.9. The predicted molar refractivity (Wildman–Crippen MR) is 80.3 cm³/mol. The van der Waals surface area contributed by atoms with Gasteiger partial charge in [0, 0.05) is 13.3 Å². The average molecular weight is 292 g/mol. The number of carbonyl (C=O) groups excluding carboxylic acids is 1. The van der Waals surface area contributed by atoms with Gasteiger partial charge in [0.2, 0.25) is 0 Å². The summed E-state index contributed by atoms with van der Waals surface area (Å²) in [5.41, 5.74) is 4.75. The van der Waals surface area contributed by atoms with E-state index in [4.69, 9.17) is 4.74 Å². The van der Waals surface area contributed by atoms with Gasteiger partial charge in [-0.3, -0.25) is 4.79 Å². The molecule has 116 valence electrons. The van der Waals surface area contributed by atoms with Crippen LogP contribution in [0.2, 0.25) is 0 Å². The Morgan fingerprint density at radius 3 is 2.43 bits per heavy atom. The van der Waals surface area contributed by atoms with Crippen LogP contribution in [0, 0.1) is 12.3 Å². The van der Waals surface area contributed by atoms with Crippen molar-refractivity contribution in [1.82, 2.24) is 0 Å². The minimum absolute atomic E-state index is 0.0467. The first-order chi connectivity index (χ1) is 9.76. The molecular formula is C17H24O4. The highest BCUT2D eigenvalue weighted by atomic mass is 16.5. The van der Waals surface area contributed by atoms with Crippen LogP contribution in [0.5, 0.6) is 5.75 Å².